The van der Waals surface area contributed by atoms with Gasteiger partial charge in [-0.25, -0.2) is 0 Å². The number of aliphatic carboxylic acids is 2. The van der Waals surface area contributed by atoms with Crippen molar-refractivity contribution in [2.75, 3.05) is 0 Å². The van der Waals surface area contributed by atoms with Crippen LogP contribution in [0, 0.1) is 24.7 Å². The highest BCUT2D eigenvalue weighted by Crippen LogP contribution is 2.61. The Morgan fingerprint density at radius 2 is 2.00 bits per heavy atom. The summed E-state index contributed by atoms with van der Waals surface area (Å²) in [4.78, 5) is 35.0. The summed E-state index contributed by atoms with van der Waals surface area (Å²) in [6, 6.07) is 6.44. The smallest absolute Gasteiger partial charge is 0.324 e. The van der Waals surface area contributed by atoms with E-state index in [1.165, 1.54) is 0 Å². The van der Waals surface area contributed by atoms with Gasteiger partial charge in [-0.05, 0) is 31.4 Å². The van der Waals surface area contributed by atoms with Crippen LogP contribution in [0.25, 0.3) is 0 Å². The summed E-state index contributed by atoms with van der Waals surface area (Å²) in [5, 5.41) is 21.3. The van der Waals surface area contributed by atoms with Crippen LogP contribution in [0.1, 0.15) is 22.3 Å². The first-order valence-electron chi connectivity index (χ1n) is 7.38. The quantitative estimate of drug-likeness (QED) is 0.628. The lowest BCUT2D eigenvalue weighted by molar-refractivity contribution is -0.145. The molecule has 3 rings (SSSR count). The average molecular weight is 318 g/mol. The van der Waals surface area contributed by atoms with Gasteiger partial charge in [-0.2, -0.15) is 0 Å². The Morgan fingerprint density at radius 1 is 1.30 bits per heavy atom. The van der Waals surface area contributed by atoms with Crippen molar-refractivity contribution in [3.63, 3.8) is 0 Å². The molecule has 5 atom stereocenters. The Labute approximate surface area is 132 Å². The van der Waals surface area contributed by atoms with Crippen LogP contribution in [0.15, 0.2) is 24.3 Å². The van der Waals surface area contributed by atoms with Crippen LogP contribution in [0.2, 0.25) is 0 Å². The van der Waals surface area contributed by atoms with Gasteiger partial charge in [-0.1, -0.05) is 17.7 Å². The molecule has 0 spiro atoms. The fourth-order valence-electron chi connectivity index (χ4n) is 3.87. The molecule has 2 aliphatic rings. The van der Waals surface area contributed by atoms with Gasteiger partial charge >= 0.3 is 11.9 Å². The van der Waals surface area contributed by atoms with Gasteiger partial charge in [0.15, 0.2) is 0 Å². The predicted octanol–water partition coefficient (Wildman–Crippen LogP) is 0.226. The van der Waals surface area contributed by atoms with Crippen molar-refractivity contribution < 1.29 is 24.6 Å². The number of aryl methyl sites for hydroxylation is 1. The number of hydrogen-bond acceptors (Lipinski definition) is 4. The molecule has 0 bridgehead atoms. The van der Waals surface area contributed by atoms with E-state index >= 15 is 0 Å². The maximum absolute atomic E-state index is 12.3. The summed E-state index contributed by atoms with van der Waals surface area (Å²) in [6.07, 6.45) is 0.0407. The van der Waals surface area contributed by atoms with Crippen LogP contribution >= 0.6 is 0 Å². The van der Waals surface area contributed by atoms with Gasteiger partial charge in [-0.15, -0.1) is 0 Å². The van der Waals surface area contributed by atoms with Gasteiger partial charge < -0.3 is 21.3 Å². The van der Waals surface area contributed by atoms with Gasteiger partial charge in [0.05, 0.1) is 5.92 Å². The number of rotatable bonds is 4. The summed E-state index contributed by atoms with van der Waals surface area (Å²) in [5.74, 6) is -4.51. The number of carbonyl (C=O) groups is 3. The maximum atomic E-state index is 12.3. The van der Waals surface area contributed by atoms with Crippen LogP contribution < -0.4 is 11.1 Å². The molecule has 0 aromatic heterocycles. The summed E-state index contributed by atoms with van der Waals surface area (Å²) in [5.41, 5.74) is 5.71. The molecule has 23 heavy (non-hydrogen) atoms. The Balaban J connectivity index is 1.80. The molecule has 0 radical (unpaired) electrons. The Bertz CT molecular complexity index is 703. The molecule has 1 aromatic rings. The van der Waals surface area contributed by atoms with E-state index in [9.17, 15) is 24.6 Å². The molecule has 0 aliphatic heterocycles. The summed E-state index contributed by atoms with van der Waals surface area (Å²) < 4.78 is 0. The van der Waals surface area contributed by atoms with Crippen LogP contribution in [0.3, 0.4) is 0 Å². The van der Waals surface area contributed by atoms with Gasteiger partial charge in [0.2, 0.25) is 0 Å². The Morgan fingerprint density at radius 3 is 2.57 bits per heavy atom. The number of amides is 1. The van der Waals surface area contributed by atoms with E-state index in [4.69, 9.17) is 5.73 Å². The number of carbonyl (C=O) groups excluding carboxylic acids is 1. The minimum Gasteiger partial charge on any atom is -0.481 e. The molecule has 7 nitrogen and oxygen atoms in total. The molecular weight excluding hydrogens is 300 g/mol. The van der Waals surface area contributed by atoms with E-state index in [0.717, 1.165) is 5.56 Å². The Hall–Kier alpha value is -2.41. The molecule has 1 aromatic carbocycles. The highest BCUT2D eigenvalue weighted by Gasteiger charge is 2.74. The number of hydrogen-bond donors (Lipinski definition) is 4. The first-order chi connectivity index (χ1) is 10.8. The van der Waals surface area contributed by atoms with Crippen molar-refractivity contribution in [2.45, 2.75) is 24.9 Å². The van der Waals surface area contributed by atoms with Gasteiger partial charge in [0.25, 0.3) is 5.91 Å². The van der Waals surface area contributed by atoms with Crippen LogP contribution in [0.5, 0.6) is 0 Å². The summed E-state index contributed by atoms with van der Waals surface area (Å²) in [6.45, 7) is 1.86. The third-order valence-electron chi connectivity index (χ3n) is 4.97. The molecular formula is C16H18N2O5. The normalized spacial score (nSPS) is 34.5. The number of carboxylic acid groups (broad SMARTS) is 2. The van der Waals surface area contributed by atoms with Crippen molar-refractivity contribution in [3.8, 4) is 0 Å². The van der Waals surface area contributed by atoms with Gasteiger partial charge in [0, 0.05) is 17.5 Å². The Kier molecular flexibility index (Phi) is 3.40. The minimum atomic E-state index is -1.60. The molecule has 7 heteroatoms. The van der Waals surface area contributed by atoms with Gasteiger partial charge in [-0.3, -0.25) is 14.4 Å². The van der Waals surface area contributed by atoms with Crippen LogP contribution in [-0.4, -0.2) is 39.6 Å². The third kappa shape index (κ3) is 2.37. The first-order valence-corrected chi connectivity index (χ1v) is 7.38. The lowest BCUT2D eigenvalue weighted by atomic mass is 9.90. The fraction of sp³-hybridized carbons (Fsp3) is 0.438. The molecule has 0 saturated heterocycles. The molecule has 5 N–H and O–H groups in total. The first kappa shape index (κ1) is 15.5. The highest BCUT2D eigenvalue weighted by molar-refractivity contribution is 5.95. The second-order valence-corrected chi connectivity index (χ2v) is 6.47. The lowest BCUT2D eigenvalue weighted by Gasteiger charge is -2.25. The number of carboxylic acids is 2. The van der Waals surface area contributed by atoms with Crippen molar-refractivity contribution in [1.82, 2.24) is 5.32 Å². The number of benzene rings is 1. The lowest BCUT2D eigenvalue weighted by Crippen LogP contribution is -2.52. The number of nitrogens with one attached hydrogen (secondary N) is 1. The topological polar surface area (TPSA) is 130 Å². The maximum Gasteiger partial charge on any atom is 0.324 e. The summed E-state index contributed by atoms with van der Waals surface area (Å²) in [7, 11) is 0. The van der Waals surface area contributed by atoms with E-state index in [-0.39, 0.29) is 12.3 Å². The molecule has 2 aliphatic carbocycles. The third-order valence-corrected chi connectivity index (χ3v) is 4.97. The van der Waals surface area contributed by atoms with E-state index in [1.54, 1.807) is 18.2 Å². The number of nitrogens with two attached hydrogens (primary N) is 1. The molecule has 0 unspecified atom stereocenters. The second kappa shape index (κ2) is 5.06. The fourth-order valence-corrected chi connectivity index (χ4v) is 3.87. The minimum absolute atomic E-state index is 0.0407. The summed E-state index contributed by atoms with van der Waals surface area (Å²) >= 11 is 0. The van der Waals surface area contributed by atoms with Crippen molar-refractivity contribution in [1.29, 1.82) is 0 Å². The SMILES string of the molecule is Cc1cccc(C(=O)N[C@@H]2C[C@](N)(C(=O)O)[C@@H]3[C@H](C(=O)O)[C@H]32)c1. The monoisotopic (exact) mass is 318 g/mol. The van der Waals surface area contributed by atoms with E-state index in [0.29, 0.717) is 5.56 Å². The number of fused-ring (bicyclic) bond motifs is 1. The molecule has 0 heterocycles. The van der Waals surface area contributed by atoms with Crippen molar-refractivity contribution in [3.05, 3.63) is 35.4 Å². The van der Waals surface area contributed by atoms with Crippen LogP contribution in [0.4, 0.5) is 0 Å². The van der Waals surface area contributed by atoms with E-state index in [1.807, 2.05) is 13.0 Å². The zero-order valence-corrected chi connectivity index (χ0v) is 12.5. The van der Waals surface area contributed by atoms with Crippen LogP contribution in [-0.2, 0) is 9.59 Å². The van der Waals surface area contributed by atoms with E-state index < -0.39 is 41.3 Å². The molecule has 2 fully saturated rings. The largest absolute Gasteiger partial charge is 0.481 e. The van der Waals surface area contributed by atoms with E-state index in [2.05, 4.69) is 5.32 Å². The average Bonchev–Trinajstić information content (AvgIpc) is 3.16. The molecule has 122 valence electrons. The van der Waals surface area contributed by atoms with Crippen molar-refractivity contribution >= 4 is 17.8 Å². The zero-order chi connectivity index (χ0) is 16.9. The van der Waals surface area contributed by atoms with Gasteiger partial charge in [0.1, 0.15) is 5.54 Å². The molecule has 2 saturated carbocycles. The van der Waals surface area contributed by atoms with Crippen molar-refractivity contribution in [2.24, 2.45) is 23.5 Å². The highest BCUT2D eigenvalue weighted by atomic mass is 16.4. The standard InChI is InChI=1S/C16H18N2O5/c1-7-3-2-4-8(5-7)13(19)18-9-6-16(17,15(22)23)12-10(9)11(12)14(20)21/h2-5,9-12H,6,17H2,1H3,(H,18,19)(H,20,21)(H,22,23)/t9-,10-,11-,12+,16-/m1/s1. The molecule has 1 amide bonds. The second-order valence-electron chi connectivity index (χ2n) is 6.47. The predicted molar refractivity (Wildman–Crippen MR) is 79.7 cm³/mol. The zero-order valence-electron chi connectivity index (χ0n) is 12.5.